The smallest absolute Gasteiger partial charge is 0.448 e. The maximum Gasteiger partial charge on any atom is 0.448 e. The Morgan fingerprint density at radius 2 is 0.727 bits per heavy atom. The minimum Gasteiger partial charge on any atom is -0.504 e. The minimum atomic E-state index is -4.87. The average molecular weight is 852 g/mol. The summed E-state index contributed by atoms with van der Waals surface area (Å²) in [5.41, 5.74) is 0. The van der Waals surface area contributed by atoms with Crippen molar-refractivity contribution in [3.8, 4) is 0 Å². The van der Waals surface area contributed by atoms with E-state index in [-0.39, 0.29) is 75.6 Å². The van der Waals surface area contributed by atoms with Gasteiger partial charge < -0.3 is 20.8 Å². The van der Waals surface area contributed by atoms with Gasteiger partial charge in [-0.1, -0.05) is 18.2 Å². The Labute approximate surface area is 282 Å². The van der Waals surface area contributed by atoms with Crippen LogP contribution in [0.5, 0.6) is 0 Å². The number of aliphatic hydroxyl groups excluding tert-OH is 3. The molecule has 3 heterocycles. The zero-order valence-corrected chi connectivity index (χ0v) is 25.2. The summed E-state index contributed by atoms with van der Waals surface area (Å²) in [7, 11) is 0. The minimum absolute atomic E-state index is 0. The fraction of sp³-hybridized carbons (Fsp3) is 0.125. The number of halogens is 9. The Bertz CT molecular complexity index is 1230. The van der Waals surface area contributed by atoms with Crippen LogP contribution in [0.3, 0.4) is 0 Å². The van der Waals surface area contributed by atoms with Gasteiger partial charge in [0.2, 0.25) is 17.3 Å². The predicted molar refractivity (Wildman–Crippen MR) is 140 cm³/mol. The molecule has 248 valence electrons. The van der Waals surface area contributed by atoms with E-state index < -0.39 is 53.2 Å². The third-order valence-electron chi connectivity index (χ3n) is 3.97. The van der Waals surface area contributed by atoms with Crippen LogP contribution in [0, 0.1) is 37.3 Å². The molecule has 0 aliphatic rings. The Hall–Kier alpha value is -2.69. The molecule has 0 aromatic carbocycles. The number of aliphatic hydroxyl groups is 3. The molecule has 5 N–H and O–H groups in total. The number of hydrogen-bond donors (Lipinski definition) is 3. The predicted octanol–water partition coefficient (Wildman–Crippen LogP) is 7.98. The van der Waals surface area contributed by atoms with Gasteiger partial charge in [-0.3, -0.25) is 14.4 Å². The molecule has 7 nitrogen and oxygen atoms in total. The molecule has 20 heteroatoms. The second-order valence-corrected chi connectivity index (χ2v) is 9.95. The van der Waals surface area contributed by atoms with Gasteiger partial charge in [-0.2, -0.15) is 39.5 Å². The van der Waals surface area contributed by atoms with Gasteiger partial charge >= 0.3 is 18.5 Å². The molecule has 0 radical (unpaired) electrons. The molecule has 0 spiro atoms. The van der Waals surface area contributed by atoms with Crippen molar-refractivity contribution in [1.29, 1.82) is 0 Å². The van der Waals surface area contributed by atoms with Crippen molar-refractivity contribution in [2.24, 2.45) is 0 Å². The van der Waals surface area contributed by atoms with Crippen LogP contribution < -0.4 is 0 Å². The molecule has 0 amide bonds. The first-order valence-electron chi connectivity index (χ1n) is 10.4. The summed E-state index contributed by atoms with van der Waals surface area (Å²) < 4.78 is 106. The molecule has 0 saturated carbocycles. The average Bonchev–Trinajstić information content (AvgIpc) is 3.66. The fourth-order valence-electron chi connectivity index (χ4n) is 2.09. The molecule has 0 aliphatic carbocycles. The van der Waals surface area contributed by atoms with Crippen LogP contribution >= 0.6 is 34.0 Å². The molecule has 0 atom stereocenters. The summed E-state index contributed by atoms with van der Waals surface area (Å²) >= 11 is 3.03. The second kappa shape index (κ2) is 19.0. The van der Waals surface area contributed by atoms with Crippen molar-refractivity contribution in [1.82, 2.24) is 0 Å². The van der Waals surface area contributed by atoms with Crippen LogP contribution in [0.1, 0.15) is 29.0 Å². The Balaban J connectivity index is 0. The van der Waals surface area contributed by atoms with Gasteiger partial charge in [0.1, 0.15) is 0 Å². The first-order chi connectivity index (χ1) is 19.2. The zero-order chi connectivity index (χ0) is 32.3. The number of alkyl halides is 9. The summed E-state index contributed by atoms with van der Waals surface area (Å²) in [4.78, 5) is 33.6. The van der Waals surface area contributed by atoms with Crippen LogP contribution in [-0.4, -0.2) is 56.7 Å². The van der Waals surface area contributed by atoms with E-state index in [0.717, 1.165) is 34.0 Å². The van der Waals surface area contributed by atoms with Crippen molar-refractivity contribution in [3.05, 3.63) is 103 Å². The fourth-order valence-corrected chi connectivity index (χ4v) is 4.00. The van der Waals surface area contributed by atoms with Gasteiger partial charge in [-0.25, -0.2) is 0 Å². The number of rotatable bonds is 6. The van der Waals surface area contributed by atoms with E-state index in [9.17, 15) is 53.9 Å². The van der Waals surface area contributed by atoms with Crippen LogP contribution in [0.25, 0.3) is 0 Å². The number of ketones is 3. The van der Waals surface area contributed by atoms with Gasteiger partial charge in [0.25, 0.3) is 0 Å². The third kappa shape index (κ3) is 15.9. The van der Waals surface area contributed by atoms with Gasteiger partial charge in [0.15, 0.2) is 17.3 Å². The van der Waals surface area contributed by atoms with Crippen molar-refractivity contribution in [2.75, 3.05) is 0 Å². The van der Waals surface area contributed by atoms with Crippen molar-refractivity contribution in [3.63, 3.8) is 0 Å². The number of allylic oxidation sites excluding steroid dienone is 6. The summed E-state index contributed by atoms with van der Waals surface area (Å²) in [6.07, 6.45) is -14.1. The molecule has 0 fully saturated rings. The van der Waals surface area contributed by atoms with Crippen molar-refractivity contribution < 1.29 is 112 Å². The number of carbonyl (C=O) groups is 3. The maximum absolute atomic E-state index is 11.8. The molecule has 3 aromatic heterocycles. The quantitative estimate of drug-likeness (QED) is 0.0994. The normalized spacial score (nSPS) is 12.3. The van der Waals surface area contributed by atoms with E-state index >= 15 is 0 Å². The van der Waals surface area contributed by atoms with E-state index in [0.29, 0.717) is 0 Å². The molecule has 3 aromatic rings. The maximum atomic E-state index is 11.8. The van der Waals surface area contributed by atoms with Gasteiger partial charge in [-0.15, -0.1) is 34.0 Å². The third-order valence-corrected chi connectivity index (χ3v) is 6.62. The standard InChI is InChI=1S/3C8H5F3O2S.Er.H2O/c3*9-8(10,11)7(13)4-5(12)6-2-1-3-14-6;;/h3*1-4,13H;;1H2/b3*7-4-;;. The molecule has 0 bridgehead atoms. The van der Waals surface area contributed by atoms with Crippen LogP contribution in [0.2, 0.25) is 0 Å². The van der Waals surface area contributed by atoms with E-state index in [1.165, 1.54) is 36.4 Å². The number of hydrogen-bond acceptors (Lipinski definition) is 9. The van der Waals surface area contributed by atoms with Gasteiger partial charge in [0.05, 0.1) is 14.6 Å². The Morgan fingerprint density at radius 3 is 0.864 bits per heavy atom. The monoisotopic (exact) mass is 850 g/mol. The molecular formula is C24H17ErF9O7S3. The van der Waals surface area contributed by atoms with Crippen LogP contribution in [-0.2, 0) is 0 Å². The van der Waals surface area contributed by atoms with Gasteiger partial charge in [-0.05, 0) is 34.3 Å². The molecular weight excluding hydrogens is 835 g/mol. The largest absolute Gasteiger partial charge is 0.504 e. The van der Waals surface area contributed by atoms with Crippen LogP contribution in [0.4, 0.5) is 39.5 Å². The van der Waals surface area contributed by atoms with Crippen molar-refractivity contribution >= 4 is 51.4 Å². The summed E-state index contributed by atoms with van der Waals surface area (Å²) in [5, 5.41) is 30.1. The molecule has 44 heavy (non-hydrogen) atoms. The Morgan fingerprint density at radius 1 is 0.523 bits per heavy atom. The molecule has 0 aliphatic heterocycles. The zero-order valence-electron chi connectivity index (χ0n) is 20.9. The summed E-state index contributed by atoms with van der Waals surface area (Å²) in [6, 6.07) is 8.76. The first kappa shape index (κ1) is 43.4. The number of carbonyl (C=O) groups excluding carboxylic acids is 3. The summed E-state index contributed by atoms with van der Waals surface area (Å²) in [6.45, 7) is 0. The number of thiophene rings is 3. The van der Waals surface area contributed by atoms with E-state index in [1.807, 2.05) is 0 Å². The topological polar surface area (TPSA) is 143 Å². The SMILES string of the molecule is O.O=C(/C=C(\O)C(F)(F)F)c1cccs1.O=C(/C=C(\O)C(F)(F)F)c1cccs1.O=C(/C=C(\O)C(F)(F)F)c1cccs1.[Er]. The summed E-state index contributed by atoms with van der Waals surface area (Å²) in [5.74, 6) is -8.19. The molecule has 3 rings (SSSR count). The van der Waals surface area contributed by atoms with E-state index in [4.69, 9.17) is 15.3 Å². The van der Waals surface area contributed by atoms with Crippen LogP contribution in [0.15, 0.2) is 88.0 Å². The second-order valence-electron chi connectivity index (χ2n) is 7.11. The van der Waals surface area contributed by atoms with Crippen molar-refractivity contribution in [2.45, 2.75) is 18.5 Å². The van der Waals surface area contributed by atoms with E-state index in [2.05, 4.69) is 0 Å². The molecule has 0 unspecified atom stereocenters. The Kier molecular flexibility index (Phi) is 18.7. The van der Waals surface area contributed by atoms with Gasteiger partial charge in [0, 0.05) is 55.5 Å². The van der Waals surface area contributed by atoms with E-state index in [1.54, 1.807) is 16.1 Å². The molecule has 0 saturated heterocycles. The first-order valence-corrected chi connectivity index (χ1v) is 13.0.